The Labute approximate surface area is 115 Å². The van der Waals surface area contributed by atoms with Crippen LogP contribution < -0.4 is 11.1 Å². The van der Waals surface area contributed by atoms with Gasteiger partial charge in [-0.15, -0.1) is 0 Å². The van der Waals surface area contributed by atoms with E-state index in [0.29, 0.717) is 17.9 Å². The first-order valence-corrected chi connectivity index (χ1v) is 6.20. The molecule has 0 fully saturated rings. The smallest absolute Gasteiger partial charge is 0.255 e. The highest BCUT2D eigenvalue weighted by atomic mass is 35.5. The molecule has 0 aliphatic carbocycles. The van der Waals surface area contributed by atoms with Crippen LogP contribution in [0.5, 0.6) is 0 Å². The van der Waals surface area contributed by atoms with Crippen LogP contribution >= 0.6 is 11.6 Å². The van der Waals surface area contributed by atoms with Crippen LogP contribution in [-0.2, 0) is 0 Å². The lowest BCUT2D eigenvalue weighted by molar-refractivity contribution is 0.0933. The number of aromatic amines is 1. The lowest BCUT2D eigenvalue weighted by atomic mass is 10.2. The summed E-state index contributed by atoms with van der Waals surface area (Å²) < 4.78 is 0. The summed E-state index contributed by atoms with van der Waals surface area (Å²) in [7, 11) is 0. The van der Waals surface area contributed by atoms with Crippen molar-refractivity contribution in [3.05, 3.63) is 41.2 Å². The van der Waals surface area contributed by atoms with Gasteiger partial charge in [0.05, 0.1) is 23.5 Å². The van der Waals surface area contributed by atoms with E-state index >= 15 is 0 Å². The number of halogens is 1. The summed E-state index contributed by atoms with van der Waals surface area (Å²) in [6.07, 6.45) is 5.45. The average molecular weight is 280 g/mol. The van der Waals surface area contributed by atoms with Gasteiger partial charge in [0, 0.05) is 12.4 Å². The van der Waals surface area contributed by atoms with Gasteiger partial charge in [-0.25, -0.2) is 9.97 Å². The minimum atomic E-state index is -0.326. The summed E-state index contributed by atoms with van der Waals surface area (Å²) in [6.45, 7) is 1.95. The minimum absolute atomic E-state index is 0.126. The summed E-state index contributed by atoms with van der Waals surface area (Å²) in [6, 6.07) is 1.29. The molecule has 0 aliphatic rings. The predicted octanol–water partition coefficient (Wildman–Crippen LogP) is 1.92. The quantitative estimate of drug-likeness (QED) is 0.745. The maximum absolute atomic E-state index is 12.1. The van der Waals surface area contributed by atoms with Crippen LogP contribution in [0.4, 0.5) is 5.69 Å². The molecule has 0 radical (unpaired) electrons. The second-order valence-electron chi connectivity index (χ2n) is 4.02. The Hall–Kier alpha value is -2.08. The first kappa shape index (κ1) is 13.4. The second-order valence-corrected chi connectivity index (χ2v) is 4.37. The summed E-state index contributed by atoms with van der Waals surface area (Å²) in [5, 5.41) is 2.97. The van der Waals surface area contributed by atoms with E-state index in [1.807, 2.05) is 6.92 Å². The van der Waals surface area contributed by atoms with Crippen molar-refractivity contribution < 1.29 is 4.79 Å². The van der Waals surface area contributed by atoms with Crippen LogP contribution in [0, 0.1) is 0 Å². The number of nitrogens with one attached hydrogen (secondary N) is 2. The molecule has 0 bridgehead atoms. The summed E-state index contributed by atoms with van der Waals surface area (Å²) in [5.41, 5.74) is 6.25. The Morgan fingerprint density at radius 1 is 1.58 bits per heavy atom. The number of rotatable bonds is 4. The number of H-pyrrole nitrogens is 1. The largest absolute Gasteiger partial charge is 0.397 e. The molecule has 7 heteroatoms. The predicted molar refractivity (Wildman–Crippen MR) is 72.7 cm³/mol. The highest BCUT2D eigenvalue weighted by molar-refractivity contribution is 6.32. The van der Waals surface area contributed by atoms with Crippen LogP contribution in [0.3, 0.4) is 0 Å². The fourth-order valence-corrected chi connectivity index (χ4v) is 1.88. The number of hydrogen-bond donors (Lipinski definition) is 3. The number of aromatic nitrogens is 3. The van der Waals surface area contributed by atoms with Crippen molar-refractivity contribution in [3.8, 4) is 0 Å². The Bertz CT molecular complexity index is 570. The Kier molecular flexibility index (Phi) is 4.01. The van der Waals surface area contributed by atoms with Crippen molar-refractivity contribution in [1.82, 2.24) is 20.3 Å². The Morgan fingerprint density at radius 2 is 2.37 bits per heavy atom. The summed E-state index contributed by atoms with van der Waals surface area (Å²) in [4.78, 5) is 23.1. The zero-order valence-electron chi connectivity index (χ0n) is 10.4. The van der Waals surface area contributed by atoms with Crippen LogP contribution in [-0.4, -0.2) is 20.9 Å². The third kappa shape index (κ3) is 3.03. The van der Waals surface area contributed by atoms with Gasteiger partial charge >= 0.3 is 0 Å². The molecule has 0 aromatic carbocycles. The van der Waals surface area contributed by atoms with Gasteiger partial charge in [-0.3, -0.25) is 4.79 Å². The summed E-state index contributed by atoms with van der Waals surface area (Å²) >= 11 is 5.89. The van der Waals surface area contributed by atoms with Crippen LogP contribution in [0.2, 0.25) is 5.15 Å². The Morgan fingerprint density at radius 3 is 3.00 bits per heavy atom. The SMILES string of the molecule is CCC(NC(=O)c1cc(N)cnc1Cl)c1ncc[nH]1. The van der Waals surface area contributed by atoms with E-state index in [1.54, 1.807) is 12.4 Å². The molecule has 2 heterocycles. The number of nitrogen functional groups attached to an aromatic ring is 1. The molecule has 0 aliphatic heterocycles. The van der Waals surface area contributed by atoms with E-state index in [4.69, 9.17) is 17.3 Å². The lowest BCUT2D eigenvalue weighted by Crippen LogP contribution is -2.29. The standard InChI is InChI=1S/C12H14ClN5O/c1-2-9(11-15-3-4-16-11)18-12(19)8-5-7(14)6-17-10(8)13/h3-6,9H,2,14H2,1H3,(H,15,16)(H,18,19). The number of imidazole rings is 1. The van der Waals surface area contributed by atoms with E-state index in [0.717, 1.165) is 0 Å². The van der Waals surface area contributed by atoms with E-state index in [1.165, 1.54) is 12.3 Å². The average Bonchev–Trinajstić information content (AvgIpc) is 2.92. The molecule has 0 saturated heterocycles. The van der Waals surface area contributed by atoms with Gasteiger partial charge in [0.15, 0.2) is 0 Å². The molecular weight excluding hydrogens is 266 g/mol. The van der Waals surface area contributed by atoms with Crippen molar-refractivity contribution in [2.24, 2.45) is 0 Å². The van der Waals surface area contributed by atoms with Gasteiger partial charge in [0.25, 0.3) is 5.91 Å². The second kappa shape index (κ2) is 5.71. The zero-order chi connectivity index (χ0) is 13.8. The first-order chi connectivity index (χ1) is 9.11. The van der Waals surface area contributed by atoms with Gasteiger partial charge in [0.1, 0.15) is 11.0 Å². The molecular formula is C12H14ClN5O. The normalized spacial score (nSPS) is 12.1. The number of nitrogens with two attached hydrogens (primary N) is 1. The highest BCUT2D eigenvalue weighted by Crippen LogP contribution is 2.18. The van der Waals surface area contributed by atoms with Gasteiger partial charge in [-0.1, -0.05) is 18.5 Å². The Balaban J connectivity index is 2.18. The molecule has 4 N–H and O–H groups in total. The highest BCUT2D eigenvalue weighted by Gasteiger charge is 2.18. The number of hydrogen-bond acceptors (Lipinski definition) is 4. The van der Waals surface area contributed by atoms with Crippen molar-refractivity contribution in [2.75, 3.05) is 5.73 Å². The molecule has 0 saturated carbocycles. The van der Waals surface area contributed by atoms with Crippen molar-refractivity contribution in [1.29, 1.82) is 0 Å². The van der Waals surface area contributed by atoms with Crippen LogP contribution in [0.25, 0.3) is 0 Å². The fraction of sp³-hybridized carbons (Fsp3) is 0.250. The maximum Gasteiger partial charge on any atom is 0.255 e. The molecule has 2 aromatic rings. The molecule has 19 heavy (non-hydrogen) atoms. The van der Waals surface area contributed by atoms with E-state index < -0.39 is 0 Å². The number of amides is 1. The topological polar surface area (TPSA) is 96.7 Å². The van der Waals surface area contributed by atoms with E-state index in [-0.39, 0.29) is 22.7 Å². The molecule has 0 spiro atoms. The lowest BCUT2D eigenvalue weighted by Gasteiger charge is -2.15. The minimum Gasteiger partial charge on any atom is -0.397 e. The number of anilines is 1. The number of pyridine rings is 1. The maximum atomic E-state index is 12.1. The molecule has 1 unspecified atom stereocenters. The number of carbonyl (C=O) groups excluding carboxylic acids is 1. The molecule has 1 atom stereocenters. The third-order valence-corrected chi connectivity index (χ3v) is 2.97. The molecule has 6 nitrogen and oxygen atoms in total. The van der Waals surface area contributed by atoms with Crippen molar-refractivity contribution in [3.63, 3.8) is 0 Å². The van der Waals surface area contributed by atoms with E-state index in [2.05, 4.69) is 20.3 Å². The molecule has 2 rings (SSSR count). The van der Waals surface area contributed by atoms with Gasteiger partial charge < -0.3 is 16.0 Å². The van der Waals surface area contributed by atoms with E-state index in [9.17, 15) is 4.79 Å². The van der Waals surface area contributed by atoms with Gasteiger partial charge in [-0.2, -0.15) is 0 Å². The molecule has 2 aromatic heterocycles. The van der Waals surface area contributed by atoms with Crippen LogP contribution in [0.15, 0.2) is 24.7 Å². The van der Waals surface area contributed by atoms with Crippen LogP contribution in [0.1, 0.15) is 35.6 Å². The third-order valence-electron chi connectivity index (χ3n) is 2.67. The number of nitrogens with zero attached hydrogens (tertiary/aromatic N) is 2. The summed E-state index contributed by atoms with van der Waals surface area (Å²) in [5.74, 6) is 0.372. The van der Waals surface area contributed by atoms with Gasteiger partial charge in [0.2, 0.25) is 0 Å². The van der Waals surface area contributed by atoms with Crippen molar-refractivity contribution in [2.45, 2.75) is 19.4 Å². The number of carbonyl (C=O) groups is 1. The first-order valence-electron chi connectivity index (χ1n) is 5.83. The molecule has 100 valence electrons. The van der Waals surface area contributed by atoms with Gasteiger partial charge in [-0.05, 0) is 12.5 Å². The van der Waals surface area contributed by atoms with Crippen molar-refractivity contribution >= 4 is 23.2 Å². The zero-order valence-corrected chi connectivity index (χ0v) is 11.1. The fourth-order valence-electron chi connectivity index (χ4n) is 1.69. The molecule has 1 amide bonds. The monoisotopic (exact) mass is 279 g/mol.